The molecule has 0 amide bonds. The molecule has 0 spiro atoms. The van der Waals surface area contributed by atoms with Crippen LogP contribution in [0.4, 0.5) is 13.2 Å². The number of carbonyl (C=O) groups is 1. The molecular weight excluding hydrogens is 211 g/mol. The number of nitrogens with one attached hydrogen (secondary N) is 1. The molecule has 1 aliphatic carbocycles. The van der Waals surface area contributed by atoms with Crippen LogP contribution in [0.2, 0.25) is 0 Å². The maximum Gasteiger partial charge on any atom is 0.432 e. The van der Waals surface area contributed by atoms with Crippen molar-refractivity contribution in [3.63, 3.8) is 0 Å². The zero-order chi connectivity index (χ0) is 11.2. The molecule has 1 aliphatic rings. The Morgan fingerprint density at radius 1 is 1.33 bits per heavy atom. The summed E-state index contributed by atoms with van der Waals surface area (Å²) in [6, 6.07) is 0. The highest BCUT2D eigenvalue weighted by Gasteiger charge is 2.40. The number of aromatic nitrogens is 1. The number of H-pyrrole nitrogens is 1. The van der Waals surface area contributed by atoms with E-state index in [1.165, 1.54) is 0 Å². The third-order valence-electron chi connectivity index (χ3n) is 2.54. The van der Waals surface area contributed by atoms with E-state index < -0.39 is 23.4 Å². The quantitative estimate of drug-likeness (QED) is 0.760. The van der Waals surface area contributed by atoms with Crippen molar-refractivity contribution < 1.29 is 23.1 Å². The van der Waals surface area contributed by atoms with Crippen molar-refractivity contribution in [1.29, 1.82) is 0 Å². The Labute approximate surface area is 82.9 Å². The van der Waals surface area contributed by atoms with Crippen molar-refractivity contribution in [3.8, 4) is 0 Å². The van der Waals surface area contributed by atoms with Gasteiger partial charge in [0.05, 0.1) is 5.56 Å². The molecule has 6 heteroatoms. The molecule has 15 heavy (non-hydrogen) atoms. The largest absolute Gasteiger partial charge is 0.478 e. The van der Waals surface area contributed by atoms with Crippen molar-refractivity contribution in [2.24, 2.45) is 0 Å². The van der Waals surface area contributed by atoms with Crippen molar-refractivity contribution in [3.05, 3.63) is 22.5 Å². The first-order valence-electron chi connectivity index (χ1n) is 4.45. The van der Waals surface area contributed by atoms with E-state index in [1.54, 1.807) is 0 Å². The molecule has 0 aromatic carbocycles. The average molecular weight is 219 g/mol. The maximum atomic E-state index is 12.5. The van der Waals surface area contributed by atoms with E-state index in [-0.39, 0.29) is 0 Å². The Morgan fingerprint density at radius 2 is 2.00 bits per heavy atom. The highest BCUT2D eigenvalue weighted by Crippen LogP contribution is 2.37. The van der Waals surface area contributed by atoms with Crippen LogP contribution < -0.4 is 0 Å². The van der Waals surface area contributed by atoms with Crippen molar-refractivity contribution in [1.82, 2.24) is 4.98 Å². The third kappa shape index (κ3) is 1.49. The molecule has 1 aromatic heterocycles. The molecule has 0 bridgehead atoms. The molecule has 0 aliphatic heterocycles. The van der Waals surface area contributed by atoms with Crippen LogP contribution in [-0.4, -0.2) is 16.1 Å². The second-order valence-corrected chi connectivity index (χ2v) is 3.49. The van der Waals surface area contributed by atoms with Gasteiger partial charge in [0.15, 0.2) is 0 Å². The smallest absolute Gasteiger partial charge is 0.432 e. The fraction of sp³-hybridized carbons (Fsp3) is 0.444. The highest BCUT2D eigenvalue weighted by atomic mass is 19.4. The van der Waals surface area contributed by atoms with Crippen LogP contribution in [-0.2, 0) is 19.0 Å². The van der Waals surface area contributed by atoms with Gasteiger partial charge in [0.2, 0.25) is 0 Å². The Morgan fingerprint density at radius 3 is 2.53 bits per heavy atom. The number of hydrogen-bond donors (Lipinski definition) is 2. The number of fused-ring (bicyclic) bond motifs is 1. The van der Waals surface area contributed by atoms with E-state index in [4.69, 9.17) is 5.11 Å². The van der Waals surface area contributed by atoms with Gasteiger partial charge in [-0.2, -0.15) is 13.2 Å². The average Bonchev–Trinajstić information content (AvgIpc) is 2.56. The van der Waals surface area contributed by atoms with Crippen LogP contribution in [0.25, 0.3) is 0 Å². The number of carboxylic acids is 1. The van der Waals surface area contributed by atoms with Gasteiger partial charge in [-0.1, -0.05) is 0 Å². The SMILES string of the molecule is O=C(O)c1c(C(F)(F)F)[nH]c2c1CCC2. The first kappa shape index (κ1) is 10.1. The fourth-order valence-corrected chi connectivity index (χ4v) is 1.97. The van der Waals surface area contributed by atoms with Gasteiger partial charge in [0.1, 0.15) is 5.69 Å². The number of halogens is 3. The summed E-state index contributed by atoms with van der Waals surface area (Å²) in [6.45, 7) is 0. The summed E-state index contributed by atoms with van der Waals surface area (Å²) in [7, 11) is 0. The number of aromatic amines is 1. The third-order valence-corrected chi connectivity index (χ3v) is 2.54. The van der Waals surface area contributed by atoms with Crippen LogP contribution in [0, 0.1) is 0 Å². The Kier molecular flexibility index (Phi) is 2.02. The minimum Gasteiger partial charge on any atom is -0.478 e. The van der Waals surface area contributed by atoms with Gasteiger partial charge in [-0.3, -0.25) is 0 Å². The molecule has 82 valence electrons. The van der Waals surface area contributed by atoms with Crippen molar-refractivity contribution >= 4 is 5.97 Å². The van der Waals surface area contributed by atoms with E-state index in [9.17, 15) is 18.0 Å². The lowest BCUT2D eigenvalue weighted by Crippen LogP contribution is -2.13. The van der Waals surface area contributed by atoms with Crippen molar-refractivity contribution in [2.75, 3.05) is 0 Å². The lowest BCUT2D eigenvalue weighted by atomic mass is 10.1. The number of rotatable bonds is 1. The summed E-state index contributed by atoms with van der Waals surface area (Å²) in [5.41, 5.74) is -0.996. The monoisotopic (exact) mass is 219 g/mol. The number of aromatic carboxylic acids is 1. The molecule has 1 aromatic rings. The van der Waals surface area contributed by atoms with Crippen LogP contribution in [0.5, 0.6) is 0 Å². The van der Waals surface area contributed by atoms with Gasteiger partial charge >= 0.3 is 12.1 Å². The van der Waals surface area contributed by atoms with Crippen LogP contribution in [0.3, 0.4) is 0 Å². The van der Waals surface area contributed by atoms with Gasteiger partial charge in [-0.05, 0) is 24.8 Å². The Bertz CT molecular complexity index is 420. The summed E-state index contributed by atoms with van der Waals surface area (Å²) in [4.78, 5) is 12.9. The minimum absolute atomic E-state index is 0.315. The molecule has 2 rings (SSSR count). The van der Waals surface area contributed by atoms with Crippen LogP contribution >= 0.6 is 0 Å². The molecule has 1 heterocycles. The van der Waals surface area contributed by atoms with Gasteiger partial charge in [0, 0.05) is 5.69 Å². The Hall–Kier alpha value is -1.46. The van der Waals surface area contributed by atoms with Gasteiger partial charge in [0.25, 0.3) is 0 Å². The second kappa shape index (κ2) is 3.01. The second-order valence-electron chi connectivity index (χ2n) is 3.49. The molecule has 3 nitrogen and oxygen atoms in total. The summed E-state index contributed by atoms with van der Waals surface area (Å²) in [5, 5.41) is 8.76. The summed E-state index contributed by atoms with van der Waals surface area (Å²) in [5.74, 6) is -1.51. The van der Waals surface area contributed by atoms with E-state index in [2.05, 4.69) is 4.98 Å². The first-order chi connectivity index (χ1) is 6.91. The zero-order valence-corrected chi connectivity index (χ0v) is 7.61. The molecule has 2 N–H and O–H groups in total. The van der Waals surface area contributed by atoms with Gasteiger partial charge in [-0.15, -0.1) is 0 Å². The molecule has 0 unspecified atom stereocenters. The Balaban J connectivity index is 2.62. The molecular formula is C9H8F3NO2. The van der Waals surface area contributed by atoms with Crippen LogP contribution in [0.15, 0.2) is 0 Å². The number of hydrogen-bond acceptors (Lipinski definition) is 1. The minimum atomic E-state index is -4.63. The number of carboxylic acid groups (broad SMARTS) is 1. The van der Waals surface area contributed by atoms with E-state index >= 15 is 0 Å². The standard InChI is InChI=1S/C9H8F3NO2/c10-9(11,12)7-6(8(14)15)4-2-1-3-5(4)13-7/h13H,1-3H2,(H,14,15). The summed E-state index contributed by atoms with van der Waals surface area (Å²) in [6.07, 6.45) is -3.02. The molecule has 0 atom stereocenters. The van der Waals surface area contributed by atoms with Crippen molar-refractivity contribution in [2.45, 2.75) is 25.4 Å². The number of aryl methyl sites for hydroxylation is 1. The molecule has 0 fully saturated rings. The van der Waals surface area contributed by atoms with E-state index in [0.29, 0.717) is 30.5 Å². The van der Waals surface area contributed by atoms with Gasteiger partial charge in [-0.25, -0.2) is 4.79 Å². The molecule has 0 saturated heterocycles. The van der Waals surface area contributed by atoms with E-state index in [0.717, 1.165) is 0 Å². The molecule has 0 radical (unpaired) electrons. The predicted octanol–water partition coefficient (Wildman–Crippen LogP) is 2.22. The molecule has 0 saturated carbocycles. The van der Waals surface area contributed by atoms with Crippen LogP contribution in [0.1, 0.15) is 33.7 Å². The normalized spacial score (nSPS) is 15.4. The predicted molar refractivity (Wildman–Crippen MR) is 44.8 cm³/mol. The summed E-state index contributed by atoms with van der Waals surface area (Å²) < 4.78 is 37.4. The summed E-state index contributed by atoms with van der Waals surface area (Å²) >= 11 is 0. The van der Waals surface area contributed by atoms with Gasteiger partial charge < -0.3 is 10.1 Å². The first-order valence-corrected chi connectivity index (χ1v) is 4.45. The number of alkyl halides is 3. The lowest BCUT2D eigenvalue weighted by molar-refractivity contribution is -0.141. The topological polar surface area (TPSA) is 53.1 Å². The highest BCUT2D eigenvalue weighted by molar-refractivity contribution is 5.91. The fourth-order valence-electron chi connectivity index (χ4n) is 1.97. The zero-order valence-electron chi connectivity index (χ0n) is 7.61. The maximum absolute atomic E-state index is 12.5. The lowest BCUT2D eigenvalue weighted by Gasteiger charge is -2.06. The van der Waals surface area contributed by atoms with E-state index in [1.807, 2.05) is 0 Å².